The zero-order valence-electron chi connectivity index (χ0n) is 19.8. The van der Waals surface area contributed by atoms with Crippen molar-refractivity contribution in [3.63, 3.8) is 0 Å². The van der Waals surface area contributed by atoms with Crippen LogP contribution in [0.4, 0.5) is 4.39 Å². The number of likely N-dealkylation sites (N-methyl/N-ethyl adjacent to an activating group) is 2. The molecule has 2 N–H and O–H groups in total. The standard InChI is InChI=1S/C25H29FN4O5/c1-29-13-14-35-21-6-4-3-5-19(21)24(33)28-20(15-22(31)30(2)16-23(29)32)25(34)27-12-11-17-7-9-18(26)10-8-17/h3-10,20H,11-16H2,1-2H3,(H,27,34)(H,28,33)/t20-/m0/s1. The lowest BCUT2D eigenvalue weighted by atomic mass is 10.1. The predicted octanol–water partition coefficient (Wildman–Crippen LogP) is 0.982. The third-order valence-corrected chi connectivity index (χ3v) is 5.67. The van der Waals surface area contributed by atoms with Crippen molar-refractivity contribution in [2.75, 3.05) is 40.3 Å². The molecule has 0 aliphatic carbocycles. The number of carbonyl (C=O) groups excluding carboxylic acids is 4. The van der Waals surface area contributed by atoms with E-state index < -0.39 is 23.8 Å². The highest BCUT2D eigenvalue weighted by Gasteiger charge is 2.28. The van der Waals surface area contributed by atoms with Gasteiger partial charge < -0.3 is 25.2 Å². The molecule has 9 nitrogen and oxygen atoms in total. The van der Waals surface area contributed by atoms with E-state index in [4.69, 9.17) is 4.74 Å². The van der Waals surface area contributed by atoms with E-state index in [1.807, 2.05) is 0 Å². The van der Waals surface area contributed by atoms with Gasteiger partial charge in [-0.1, -0.05) is 24.3 Å². The van der Waals surface area contributed by atoms with Crippen LogP contribution in [0, 0.1) is 5.82 Å². The highest BCUT2D eigenvalue weighted by Crippen LogP contribution is 2.18. The van der Waals surface area contributed by atoms with Crippen molar-refractivity contribution in [2.24, 2.45) is 0 Å². The van der Waals surface area contributed by atoms with Crippen LogP contribution in [0.25, 0.3) is 0 Å². The third-order valence-electron chi connectivity index (χ3n) is 5.67. The number of nitrogens with zero attached hydrogens (tertiary/aromatic N) is 2. The fourth-order valence-electron chi connectivity index (χ4n) is 3.49. The van der Waals surface area contributed by atoms with Crippen LogP contribution in [0.15, 0.2) is 48.5 Å². The van der Waals surface area contributed by atoms with Gasteiger partial charge in [0.1, 0.15) is 24.2 Å². The second-order valence-electron chi connectivity index (χ2n) is 8.31. The summed E-state index contributed by atoms with van der Waals surface area (Å²) in [5.41, 5.74) is 1.04. The number of hydrogen-bond donors (Lipinski definition) is 2. The molecular formula is C25H29FN4O5. The molecule has 0 spiro atoms. The average molecular weight is 485 g/mol. The maximum absolute atomic E-state index is 13.1. The van der Waals surface area contributed by atoms with Crippen molar-refractivity contribution in [1.82, 2.24) is 20.4 Å². The van der Waals surface area contributed by atoms with E-state index in [9.17, 15) is 23.6 Å². The minimum Gasteiger partial charge on any atom is -0.491 e. The van der Waals surface area contributed by atoms with Gasteiger partial charge in [0.25, 0.3) is 5.91 Å². The molecule has 0 fully saturated rings. The Hall–Kier alpha value is -3.95. The molecule has 0 saturated heterocycles. The van der Waals surface area contributed by atoms with Gasteiger partial charge in [0.05, 0.1) is 25.1 Å². The predicted molar refractivity (Wildman–Crippen MR) is 126 cm³/mol. The summed E-state index contributed by atoms with van der Waals surface area (Å²) < 4.78 is 18.8. The van der Waals surface area contributed by atoms with Crippen molar-refractivity contribution < 1.29 is 28.3 Å². The Labute approximate surface area is 203 Å². The Kier molecular flexibility index (Phi) is 8.77. The van der Waals surface area contributed by atoms with Gasteiger partial charge in [-0.05, 0) is 36.2 Å². The summed E-state index contributed by atoms with van der Waals surface area (Å²) >= 11 is 0. The minimum absolute atomic E-state index is 0.150. The number of fused-ring (bicyclic) bond motifs is 1. The fourth-order valence-corrected chi connectivity index (χ4v) is 3.49. The summed E-state index contributed by atoms with van der Waals surface area (Å²) in [5, 5.41) is 5.35. The SMILES string of the molecule is CN1CCOc2ccccc2C(=O)N[C@H](C(=O)NCCc2ccc(F)cc2)CC(=O)N(C)CC1=O. The van der Waals surface area contributed by atoms with Crippen molar-refractivity contribution in [3.05, 3.63) is 65.5 Å². The van der Waals surface area contributed by atoms with Gasteiger partial charge in [0.2, 0.25) is 17.7 Å². The van der Waals surface area contributed by atoms with Crippen LogP contribution >= 0.6 is 0 Å². The van der Waals surface area contributed by atoms with Gasteiger partial charge in [-0.2, -0.15) is 0 Å². The molecule has 0 radical (unpaired) electrons. The molecule has 10 heteroatoms. The maximum atomic E-state index is 13.1. The molecule has 4 amide bonds. The molecule has 1 aliphatic heterocycles. The Morgan fingerprint density at radius 1 is 1.06 bits per heavy atom. The molecule has 3 rings (SSSR count). The largest absolute Gasteiger partial charge is 0.491 e. The number of carbonyl (C=O) groups is 4. The van der Waals surface area contributed by atoms with Crippen molar-refractivity contribution in [1.29, 1.82) is 0 Å². The minimum atomic E-state index is -1.17. The quantitative estimate of drug-likeness (QED) is 0.673. The summed E-state index contributed by atoms with van der Waals surface area (Å²) in [6, 6.07) is 11.3. The highest BCUT2D eigenvalue weighted by molar-refractivity contribution is 6.00. The van der Waals surface area contributed by atoms with E-state index in [1.54, 1.807) is 43.4 Å². The normalized spacial score (nSPS) is 17.7. The molecule has 2 aromatic rings. The first-order chi connectivity index (χ1) is 16.7. The number of hydrogen-bond acceptors (Lipinski definition) is 5. The van der Waals surface area contributed by atoms with Crippen LogP contribution in [-0.4, -0.2) is 79.8 Å². The van der Waals surface area contributed by atoms with Crippen LogP contribution in [0.2, 0.25) is 0 Å². The molecule has 2 aromatic carbocycles. The molecule has 35 heavy (non-hydrogen) atoms. The second kappa shape index (κ2) is 12.0. The first-order valence-corrected chi connectivity index (χ1v) is 11.3. The van der Waals surface area contributed by atoms with Crippen LogP contribution in [-0.2, 0) is 20.8 Å². The van der Waals surface area contributed by atoms with Crippen molar-refractivity contribution in [3.8, 4) is 5.75 Å². The summed E-state index contributed by atoms with van der Waals surface area (Å²) in [6.07, 6.45) is 0.114. The molecule has 0 bridgehead atoms. The maximum Gasteiger partial charge on any atom is 0.255 e. The van der Waals surface area contributed by atoms with E-state index in [0.717, 1.165) is 5.56 Å². The van der Waals surface area contributed by atoms with Gasteiger partial charge in [-0.3, -0.25) is 19.2 Å². The molecule has 0 saturated carbocycles. The molecular weight excluding hydrogens is 455 g/mol. The third kappa shape index (κ3) is 7.26. The molecule has 1 aliphatic rings. The van der Waals surface area contributed by atoms with Crippen molar-refractivity contribution >= 4 is 23.6 Å². The summed E-state index contributed by atoms with van der Waals surface area (Å²) in [4.78, 5) is 53.9. The average Bonchev–Trinajstić information content (AvgIpc) is 2.84. The zero-order valence-corrected chi connectivity index (χ0v) is 19.8. The van der Waals surface area contributed by atoms with E-state index in [1.165, 1.54) is 29.0 Å². The highest BCUT2D eigenvalue weighted by atomic mass is 19.1. The summed E-state index contributed by atoms with van der Waals surface area (Å²) in [6.45, 7) is 0.482. The van der Waals surface area contributed by atoms with E-state index >= 15 is 0 Å². The Morgan fingerprint density at radius 3 is 2.51 bits per heavy atom. The number of halogens is 1. The van der Waals surface area contributed by atoms with Crippen LogP contribution in [0.1, 0.15) is 22.3 Å². The van der Waals surface area contributed by atoms with E-state index in [2.05, 4.69) is 10.6 Å². The molecule has 0 aromatic heterocycles. The number of amides is 4. The number of para-hydroxylation sites is 1. The smallest absolute Gasteiger partial charge is 0.255 e. The summed E-state index contributed by atoms with van der Waals surface area (Å²) in [5.74, 6) is -1.89. The first kappa shape index (κ1) is 25.7. The van der Waals surface area contributed by atoms with E-state index in [0.29, 0.717) is 12.2 Å². The lowest BCUT2D eigenvalue weighted by Gasteiger charge is -2.25. The first-order valence-electron chi connectivity index (χ1n) is 11.3. The fraction of sp³-hybridized carbons (Fsp3) is 0.360. The van der Waals surface area contributed by atoms with Crippen LogP contribution < -0.4 is 15.4 Å². The molecule has 1 heterocycles. The number of benzene rings is 2. The van der Waals surface area contributed by atoms with Crippen molar-refractivity contribution in [2.45, 2.75) is 18.9 Å². The van der Waals surface area contributed by atoms with Crippen LogP contribution in [0.3, 0.4) is 0 Å². The van der Waals surface area contributed by atoms with Crippen LogP contribution in [0.5, 0.6) is 5.75 Å². The lowest BCUT2D eigenvalue weighted by Crippen LogP contribution is -2.50. The molecule has 186 valence electrons. The Balaban J connectivity index is 1.77. The number of ether oxygens (including phenoxy) is 1. The van der Waals surface area contributed by atoms with Gasteiger partial charge in [-0.15, -0.1) is 0 Å². The molecule has 0 unspecified atom stereocenters. The lowest BCUT2D eigenvalue weighted by molar-refractivity contribution is -0.139. The topological polar surface area (TPSA) is 108 Å². The number of nitrogens with one attached hydrogen (secondary N) is 2. The van der Waals surface area contributed by atoms with Gasteiger partial charge in [0.15, 0.2) is 0 Å². The van der Waals surface area contributed by atoms with Gasteiger partial charge in [-0.25, -0.2) is 4.39 Å². The monoisotopic (exact) mass is 484 g/mol. The van der Waals surface area contributed by atoms with E-state index in [-0.39, 0.29) is 49.9 Å². The van der Waals surface area contributed by atoms with Gasteiger partial charge >= 0.3 is 0 Å². The van der Waals surface area contributed by atoms with Gasteiger partial charge in [0, 0.05) is 20.6 Å². The number of rotatable bonds is 4. The molecule has 1 atom stereocenters. The summed E-state index contributed by atoms with van der Waals surface area (Å²) in [7, 11) is 3.07. The zero-order chi connectivity index (χ0) is 25.4. The Bertz CT molecular complexity index is 1080. The Morgan fingerprint density at radius 2 is 1.77 bits per heavy atom. The second-order valence-corrected chi connectivity index (χ2v) is 8.31.